The Kier molecular flexibility index (Phi) is 5.24. The molecule has 1 aliphatic rings. The second-order valence-corrected chi connectivity index (χ2v) is 7.64. The number of carboxylic acid groups (broad SMARTS) is 1. The van der Waals surface area contributed by atoms with E-state index in [1.165, 1.54) is 12.6 Å². The number of hydrogen-bond acceptors (Lipinski definition) is 3. The zero-order chi connectivity index (χ0) is 17.3. The molecule has 0 saturated heterocycles. The number of aliphatic hydroxyl groups is 1. The van der Waals surface area contributed by atoms with Crippen molar-refractivity contribution >= 4 is 39.5 Å². The summed E-state index contributed by atoms with van der Waals surface area (Å²) in [5.41, 5.74) is -0.0126. The van der Waals surface area contributed by atoms with Crippen molar-refractivity contribution in [2.45, 2.75) is 38.1 Å². The number of pyridine rings is 1. The molecule has 1 unspecified atom stereocenters. The fourth-order valence-corrected chi connectivity index (χ4v) is 4.23. The van der Waals surface area contributed by atoms with Gasteiger partial charge in [0.25, 0.3) is 0 Å². The normalized spacial score (nSPS) is 17.1. The Morgan fingerprint density at radius 1 is 1.29 bits per heavy atom. The van der Waals surface area contributed by atoms with E-state index in [9.17, 15) is 19.8 Å². The van der Waals surface area contributed by atoms with Gasteiger partial charge in [0.05, 0.1) is 18.2 Å². The topological polar surface area (TPSA) is 79.5 Å². The van der Waals surface area contributed by atoms with E-state index in [4.69, 9.17) is 0 Å². The number of carbonyl (C=O) groups is 1. The average Bonchev–Trinajstić information content (AvgIpc) is 2.58. The van der Waals surface area contributed by atoms with E-state index in [0.717, 1.165) is 29.3 Å². The monoisotopic (exact) mass is 441 g/mol. The van der Waals surface area contributed by atoms with Crippen LogP contribution in [0, 0.1) is 9.49 Å². The summed E-state index contributed by atoms with van der Waals surface area (Å²) < 4.78 is 2.69. The van der Waals surface area contributed by atoms with Crippen LogP contribution in [-0.2, 0) is 0 Å². The number of halogens is 1. The number of aromatic nitrogens is 1. The lowest BCUT2D eigenvalue weighted by molar-refractivity contribution is 0.0693. The number of hydrogen-bond donors (Lipinski definition) is 2. The molecule has 2 N–H and O–H groups in total. The van der Waals surface area contributed by atoms with Gasteiger partial charge in [-0.2, -0.15) is 0 Å². The molecule has 24 heavy (non-hydrogen) atoms. The molecular formula is C18H20INO4. The number of fused-ring (bicyclic) bond motifs is 1. The summed E-state index contributed by atoms with van der Waals surface area (Å²) in [5, 5.41) is 19.8. The van der Waals surface area contributed by atoms with Crippen molar-refractivity contribution in [2.75, 3.05) is 6.61 Å². The van der Waals surface area contributed by atoms with E-state index < -0.39 is 11.4 Å². The molecule has 1 aromatic carbocycles. The second-order valence-electron chi connectivity index (χ2n) is 6.39. The van der Waals surface area contributed by atoms with Crippen LogP contribution in [-0.4, -0.2) is 27.4 Å². The molecule has 128 valence electrons. The SMILES string of the molecule is O=C(O)c1cn(C(CO)C2CCCCC2)c2ccc(I)cc2c1=O. The lowest BCUT2D eigenvalue weighted by atomic mass is 9.83. The van der Waals surface area contributed by atoms with Crippen LogP contribution in [0.25, 0.3) is 10.9 Å². The minimum absolute atomic E-state index is 0.0618. The van der Waals surface area contributed by atoms with Crippen LogP contribution in [0.5, 0.6) is 0 Å². The molecule has 0 amide bonds. The highest BCUT2D eigenvalue weighted by Gasteiger charge is 2.27. The Morgan fingerprint density at radius 2 is 2.00 bits per heavy atom. The quantitative estimate of drug-likeness (QED) is 0.713. The molecular weight excluding hydrogens is 421 g/mol. The first-order chi connectivity index (χ1) is 11.5. The number of carboxylic acids is 1. The summed E-state index contributed by atoms with van der Waals surface area (Å²) in [6.45, 7) is -0.0618. The van der Waals surface area contributed by atoms with Crippen LogP contribution in [0.4, 0.5) is 0 Å². The van der Waals surface area contributed by atoms with Gasteiger partial charge in [-0.1, -0.05) is 19.3 Å². The van der Waals surface area contributed by atoms with Gasteiger partial charge in [-0.15, -0.1) is 0 Å². The number of rotatable bonds is 4. The Labute approximate surface area is 153 Å². The van der Waals surface area contributed by atoms with Crippen molar-refractivity contribution in [2.24, 2.45) is 5.92 Å². The fourth-order valence-electron chi connectivity index (χ4n) is 3.74. The van der Waals surface area contributed by atoms with E-state index in [2.05, 4.69) is 22.6 Å². The first kappa shape index (κ1) is 17.4. The molecule has 2 aromatic rings. The average molecular weight is 441 g/mol. The molecule has 1 heterocycles. The summed E-state index contributed by atoms with van der Waals surface area (Å²) >= 11 is 2.11. The van der Waals surface area contributed by atoms with Gasteiger partial charge in [0.1, 0.15) is 5.56 Å². The molecule has 1 aliphatic carbocycles. The Morgan fingerprint density at radius 3 is 2.62 bits per heavy atom. The molecule has 6 heteroatoms. The summed E-state index contributed by atoms with van der Waals surface area (Å²) in [5.74, 6) is -0.926. The lowest BCUT2D eigenvalue weighted by Gasteiger charge is -2.32. The molecule has 1 saturated carbocycles. The molecule has 0 aliphatic heterocycles. The molecule has 0 radical (unpaired) electrons. The third kappa shape index (κ3) is 3.21. The predicted octanol–water partition coefficient (Wildman–Crippen LogP) is 3.42. The van der Waals surface area contributed by atoms with E-state index in [1.54, 1.807) is 6.07 Å². The van der Waals surface area contributed by atoms with Gasteiger partial charge in [-0.3, -0.25) is 4.79 Å². The van der Waals surface area contributed by atoms with Crippen molar-refractivity contribution in [3.05, 3.63) is 43.8 Å². The van der Waals surface area contributed by atoms with Crippen LogP contribution in [0.15, 0.2) is 29.2 Å². The largest absolute Gasteiger partial charge is 0.477 e. The minimum Gasteiger partial charge on any atom is -0.477 e. The van der Waals surface area contributed by atoms with Gasteiger partial charge in [-0.05, 0) is 59.5 Å². The van der Waals surface area contributed by atoms with Gasteiger partial charge in [0.2, 0.25) is 5.43 Å². The second kappa shape index (κ2) is 7.23. The molecule has 1 fully saturated rings. The summed E-state index contributed by atoms with van der Waals surface area (Å²) in [7, 11) is 0. The maximum Gasteiger partial charge on any atom is 0.341 e. The standard InChI is InChI=1S/C18H20INO4/c19-12-6-7-15-13(8-12)17(22)14(18(23)24)9-20(15)16(10-21)11-4-2-1-3-5-11/h6-9,11,16,21H,1-5,10H2,(H,23,24). The highest BCUT2D eigenvalue weighted by Crippen LogP contribution is 2.34. The van der Waals surface area contributed by atoms with Crippen LogP contribution in [0.3, 0.4) is 0 Å². The number of benzene rings is 1. The Hall–Kier alpha value is -1.41. The zero-order valence-corrected chi connectivity index (χ0v) is 15.4. The van der Waals surface area contributed by atoms with Crippen LogP contribution < -0.4 is 5.43 Å². The van der Waals surface area contributed by atoms with Crippen molar-refractivity contribution in [1.82, 2.24) is 4.57 Å². The molecule has 1 aromatic heterocycles. The molecule has 0 bridgehead atoms. The van der Waals surface area contributed by atoms with Crippen LogP contribution in [0.2, 0.25) is 0 Å². The molecule has 0 spiro atoms. The summed E-state index contributed by atoms with van der Waals surface area (Å²) in [6, 6.07) is 5.26. The zero-order valence-electron chi connectivity index (χ0n) is 13.2. The Bertz CT molecular complexity index is 824. The Balaban J connectivity index is 2.23. The van der Waals surface area contributed by atoms with Gasteiger partial charge < -0.3 is 14.8 Å². The third-order valence-corrected chi connectivity index (χ3v) is 5.63. The number of nitrogens with zero attached hydrogens (tertiary/aromatic N) is 1. The predicted molar refractivity (Wildman–Crippen MR) is 101 cm³/mol. The molecule has 5 nitrogen and oxygen atoms in total. The van der Waals surface area contributed by atoms with Crippen molar-refractivity contribution < 1.29 is 15.0 Å². The van der Waals surface area contributed by atoms with Crippen LogP contribution >= 0.6 is 22.6 Å². The minimum atomic E-state index is -1.23. The van der Waals surface area contributed by atoms with Crippen molar-refractivity contribution in [3.8, 4) is 0 Å². The number of aromatic carboxylic acids is 1. The smallest absolute Gasteiger partial charge is 0.341 e. The molecule has 1 atom stereocenters. The highest BCUT2D eigenvalue weighted by molar-refractivity contribution is 14.1. The third-order valence-electron chi connectivity index (χ3n) is 4.96. The van der Waals surface area contributed by atoms with E-state index in [-0.39, 0.29) is 18.2 Å². The van der Waals surface area contributed by atoms with Gasteiger partial charge >= 0.3 is 5.97 Å². The van der Waals surface area contributed by atoms with Gasteiger partial charge in [-0.25, -0.2) is 4.79 Å². The lowest BCUT2D eigenvalue weighted by Crippen LogP contribution is -2.28. The first-order valence-corrected chi connectivity index (χ1v) is 9.29. The fraction of sp³-hybridized carbons (Fsp3) is 0.444. The van der Waals surface area contributed by atoms with Crippen molar-refractivity contribution in [1.29, 1.82) is 0 Å². The molecule has 3 rings (SSSR count). The number of aliphatic hydroxyl groups excluding tert-OH is 1. The van der Waals surface area contributed by atoms with E-state index in [1.807, 2.05) is 16.7 Å². The maximum absolute atomic E-state index is 12.5. The first-order valence-electron chi connectivity index (χ1n) is 8.21. The highest BCUT2D eigenvalue weighted by atomic mass is 127. The van der Waals surface area contributed by atoms with E-state index in [0.29, 0.717) is 16.8 Å². The summed E-state index contributed by atoms with van der Waals surface area (Å²) in [4.78, 5) is 24.0. The van der Waals surface area contributed by atoms with Gasteiger partial charge in [0, 0.05) is 15.2 Å². The maximum atomic E-state index is 12.5. The van der Waals surface area contributed by atoms with Crippen molar-refractivity contribution in [3.63, 3.8) is 0 Å². The summed E-state index contributed by atoms with van der Waals surface area (Å²) in [6.07, 6.45) is 6.91. The van der Waals surface area contributed by atoms with E-state index >= 15 is 0 Å². The van der Waals surface area contributed by atoms with Crippen LogP contribution in [0.1, 0.15) is 48.5 Å². The van der Waals surface area contributed by atoms with Gasteiger partial charge in [0.15, 0.2) is 0 Å².